The lowest BCUT2D eigenvalue weighted by Crippen LogP contribution is -2.30. The number of rotatable bonds is 6. The fraction of sp³-hybridized carbons (Fsp3) is 0.500. The van der Waals surface area contributed by atoms with Gasteiger partial charge in [-0.05, 0) is 32.4 Å². The molecule has 0 aliphatic carbocycles. The number of anilines is 1. The largest absolute Gasteiger partial charge is 0.490 e. The van der Waals surface area contributed by atoms with Crippen LogP contribution in [0.3, 0.4) is 0 Å². The van der Waals surface area contributed by atoms with Crippen LogP contribution in [0.4, 0.5) is 5.69 Å². The minimum atomic E-state index is 0.678. The summed E-state index contributed by atoms with van der Waals surface area (Å²) < 4.78 is 11.4. The average Bonchev–Trinajstić information content (AvgIpc) is 2.87. The highest BCUT2D eigenvalue weighted by atomic mass is 32.1. The van der Waals surface area contributed by atoms with Crippen LogP contribution in [-0.2, 0) is 12.8 Å². The molecular formula is C20H28N4O2S. The molecule has 7 heteroatoms. The van der Waals surface area contributed by atoms with Crippen LogP contribution in [0, 0.1) is 6.92 Å². The predicted molar refractivity (Wildman–Crippen MR) is 112 cm³/mol. The van der Waals surface area contributed by atoms with Gasteiger partial charge in [0.15, 0.2) is 17.5 Å². The molecule has 1 aromatic heterocycles. The maximum atomic E-state index is 5.76. The topological polar surface area (TPSA) is 67.8 Å². The molecule has 1 aliphatic rings. The van der Waals surface area contributed by atoms with Crippen LogP contribution in [0.25, 0.3) is 0 Å². The molecule has 27 heavy (non-hydrogen) atoms. The van der Waals surface area contributed by atoms with Crippen LogP contribution in [0.15, 0.2) is 23.2 Å². The smallest absolute Gasteiger partial charge is 0.195 e. The third-order valence-corrected chi connectivity index (χ3v) is 5.29. The van der Waals surface area contributed by atoms with Gasteiger partial charge in [-0.3, -0.25) is 4.99 Å². The highest BCUT2D eigenvalue weighted by Gasteiger charge is 2.11. The Morgan fingerprint density at radius 3 is 2.78 bits per heavy atom. The van der Waals surface area contributed by atoms with Gasteiger partial charge in [0.2, 0.25) is 0 Å². The first-order valence-electron chi connectivity index (χ1n) is 9.59. The molecule has 1 aromatic carbocycles. The van der Waals surface area contributed by atoms with Gasteiger partial charge in [0.05, 0.1) is 23.9 Å². The SMILES string of the molecule is CCNC(=NCCc1nc(CC)c(C)s1)Nc1ccc2c(c1)OCCCO2. The number of benzene rings is 1. The van der Waals surface area contributed by atoms with E-state index >= 15 is 0 Å². The third-order valence-electron chi connectivity index (χ3n) is 4.22. The second-order valence-electron chi connectivity index (χ2n) is 6.31. The van der Waals surface area contributed by atoms with Crippen molar-refractivity contribution in [2.45, 2.75) is 40.0 Å². The molecule has 0 saturated heterocycles. The molecule has 0 spiro atoms. The quantitative estimate of drug-likeness (QED) is 0.582. The van der Waals surface area contributed by atoms with Crippen LogP contribution < -0.4 is 20.1 Å². The summed E-state index contributed by atoms with van der Waals surface area (Å²) in [4.78, 5) is 10.7. The molecule has 1 aliphatic heterocycles. The molecule has 146 valence electrons. The number of guanidine groups is 1. The van der Waals surface area contributed by atoms with Gasteiger partial charge in [-0.25, -0.2) is 4.98 Å². The Kier molecular flexibility index (Phi) is 6.92. The van der Waals surface area contributed by atoms with Crippen molar-refractivity contribution in [3.05, 3.63) is 33.8 Å². The van der Waals surface area contributed by atoms with Crippen molar-refractivity contribution >= 4 is 23.0 Å². The monoisotopic (exact) mass is 388 g/mol. The van der Waals surface area contributed by atoms with Gasteiger partial charge < -0.3 is 20.1 Å². The Balaban J connectivity index is 1.64. The minimum Gasteiger partial charge on any atom is -0.490 e. The minimum absolute atomic E-state index is 0.678. The summed E-state index contributed by atoms with van der Waals surface area (Å²) >= 11 is 1.77. The zero-order valence-electron chi connectivity index (χ0n) is 16.3. The van der Waals surface area contributed by atoms with Crippen LogP contribution in [0.5, 0.6) is 11.5 Å². The summed E-state index contributed by atoms with van der Waals surface area (Å²) in [5.74, 6) is 2.33. The van der Waals surface area contributed by atoms with Crippen molar-refractivity contribution in [2.24, 2.45) is 4.99 Å². The molecule has 0 fully saturated rings. The first-order valence-corrected chi connectivity index (χ1v) is 10.4. The van der Waals surface area contributed by atoms with E-state index in [0.29, 0.717) is 19.8 Å². The van der Waals surface area contributed by atoms with Crippen molar-refractivity contribution < 1.29 is 9.47 Å². The van der Waals surface area contributed by atoms with Crippen LogP contribution in [0.2, 0.25) is 0 Å². The molecule has 0 bridgehead atoms. The molecule has 2 heterocycles. The first-order chi connectivity index (χ1) is 13.2. The second-order valence-corrected chi connectivity index (χ2v) is 7.60. The van der Waals surface area contributed by atoms with Crippen LogP contribution >= 0.6 is 11.3 Å². The molecule has 6 nitrogen and oxygen atoms in total. The number of nitrogens with one attached hydrogen (secondary N) is 2. The summed E-state index contributed by atoms with van der Waals surface area (Å²) in [5.41, 5.74) is 2.13. The number of aromatic nitrogens is 1. The van der Waals surface area contributed by atoms with Crippen LogP contribution in [0.1, 0.15) is 35.8 Å². The molecule has 2 aromatic rings. The van der Waals surface area contributed by atoms with Crippen LogP contribution in [-0.4, -0.2) is 37.2 Å². The van der Waals surface area contributed by atoms with E-state index in [4.69, 9.17) is 14.5 Å². The Labute approximate surface area is 165 Å². The van der Waals surface area contributed by atoms with Crippen molar-refractivity contribution in [2.75, 3.05) is 31.6 Å². The molecule has 0 unspecified atom stereocenters. The Morgan fingerprint density at radius 1 is 1.22 bits per heavy atom. The molecule has 0 amide bonds. The van der Waals surface area contributed by atoms with E-state index in [1.54, 1.807) is 11.3 Å². The van der Waals surface area contributed by atoms with Crippen molar-refractivity contribution in [1.82, 2.24) is 10.3 Å². The van der Waals surface area contributed by atoms with E-state index in [9.17, 15) is 0 Å². The molecular weight excluding hydrogens is 360 g/mol. The fourth-order valence-corrected chi connectivity index (χ4v) is 3.88. The lowest BCUT2D eigenvalue weighted by Gasteiger charge is -2.13. The number of thiazole rings is 1. The predicted octanol–water partition coefficient (Wildman–Crippen LogP) is 3.80. The number of hydrogen-bond donors (Lipinski definition) is 2. The molecule has 2 N–H and O–H groups in total. The van der Waals surface area contributed by atoms with Gasteiger partial charge in [-0.2, -0.15) is 0 Å². The van der Waals surface area contributed by atoms with E-state index < -0.39 is 0 Å². The third kappa shape index (κ3) is 5.35. The standard InChI is InChI=1S/C20H28N4O2S/c1-4-16-14(3)27-19(24-16)9-10-22-20(21-5-2)23-15-7-8-17-18(13-15)26-12-6-11-25-17/h7-8,13H,4-6,9-12H2,1-3H3,(H2,21,22,23). The van der Waals surface area contributed by atoms with Gasteiger partial charge in [0.1, 0.15) is 0 Å². The number of fused-ring (bicyclic) bond motifs is 1. The molecule has 0 atom stereocenters. The second kappa shape index (κ2) is 9.60. The van der Waals surface area contributed by atoms with Gasteiger partial charge in [0, 0.05) is 42.6 Å². The summed E-state index contributed by atoms with van der Waals surface area (Å²) in [6.07, 6.45) is 2.74. The summed E-state index contributed by atoms with van der Waals surface area (Å²) in [6.45, 7) is 9.20. The van der Waals surface area contributed by atoms with Gasteiger partial charge in [-0.15, -0.1) is 11.3 Å². The van der Waals surface area contributed by atoms with E-state index in [0.717, 1.165) is 54.0 Å². The zero-order chi connectivity index (χ0) is 19.1. The van der Waals surface area contributed by atoms with Gasteiger partial charge in [0.25, 0.3) is 0 Å². The number of ether oxygens (including phenoxy) is 2. The molecule has 0 saturated carbocycles. The lowest BCUT2D eigenvalue weighted by atomic mass is 10.3. The van der Waals surface area contributed by atoms with Crippen molar-refractivity contribution in [1.29, 1.82) is 0 Å². The molecule has 0 radical (unpaired) electrons. The first kappa shape index (κ1) is 19.5. The highest BCUT2D eigenvalue weighted by molar-refractivity contribution is 7.11. The maximum Gasteiger partial charge on any atom is 0.195 e. The van der Waals surface area contributed by atoms with Crippen molar-refractivity contribution in [3.63, 3.8) is 0 Å². The van der Waals surface area contributed by atoms with E-state index in [1.165, 1.54) is 10.6 Å². The summed E-state index contributed by atoms with van der Waals surface area (Å²) in [6, 6.07) is 5.89. The Morgan fingerprint density at radius 2 is 2.04 bits per heavy atom. The fourth-order valence-electron chi connectivity index (χ4n) is 2.87. The maximum absolute atomic E-state index is 5.76. The number of nitrogens with zero attached hydrogens (tertiary/aromatic N) is 2. The normalized spacial score (nSPS) is 14.0. The van der Waals surface area contributed by atoms with Gasteiger partial charge >= 0.3 is 0 Å². The Hall–Kier alpha value is -2.28. The number of aliphatic imine (C=N–C) groups is 1. The highest BCUT2D eigenvalue weighted by Crippen LogP contribution is 2.32. The van der Waals surface area contributed by atoms with E-state index in [1.807, 2.05) is 18.2 Å². The zero-order valence-corrected chi connectivity index (χ0v) is 17.1. The summed E-state index contributed by atoms with van der Waals surface area (Å²) in [7, 11) is 0. The van der Waals surface area contributed by atoms with Gasteiger partial charge in [-0.1, -0.05) is 6.92 Å². The van der Waals surface area contributed by atoms with E-state index in [-0.39, 0.29) is 0 Å². The average molecular weight is 389 g/mol. The van der Waals surface area contributed by atoms with E-state index in [2.05, 4.69) is 36.4 Å². The Bertz CT molecular complexity index is 788. The number of hydrogen-bond acceptors (Lipinski definition) is 5. The summed E-state index contributed by atoms with van der Waals surface area (Å²) in [5, 5.41) is 7.79. The number of aryl methyl sites for hydroxylation is 2. The lowest BCUT2D eigenvalue weighted by molar-refractivity contribution is 0.297. The van der Waals surface area contributed by atoms with Crippen molar-refractivity contribution in [3.8, 4) is 11.5 Å². The molecule has 3 rings (SSSR count).